The van der Waals surface area contributed by atoms with Gasteiger partial charge in [0, 0.05) is 38.6 Å². The van der Waals surface area contributed by atoms with Gasteiger partial charge in [-0.2, -0.15) is 0 Å². The number of hydrogen-bond donors (Lipinski definition) is 1. The van der Waals surface area contributed by atoms with Crippen molar-refractivity contribution in [2.75, 3.05) is 57.4 Å². The van der Waals surface area contributed by atoms with Crippen LogP contribution in [0.15, 0.2) is 48.8 Å². The summed E-state index contributed by atoms with van der Waals surface area (Å²) in [6.07, 6.45) is 8.40. The van der Waals surface area contributed by atoms with Gasteiger partial charge in [0.1, 0.15) is 0 Å². The molecule has 6 nitrogen and oxygen atoms in total. The second kappa shape index (κ2) is 11.3. The van der Waals surface area contributed by atoms with Gasteiger partial charge in [-0.1, -0.05) is 30.3 Å². The van der Waals surface area contributed by atoms with E-state index in [0.29, 0.717) is 25.3 Å². The molecule has 166 valence electrons. The molecule has 2 aliphatic rings. The van der Waals surface area contributed by atoms with E-state index in [9.17, 15) is 4.79 Å². The molecule has 0 atom stereocenters. The summed E-state index contributed by atoms with van der Waals surface area (Å²) in [5.41, 5.74) is 3.05. The number of benzene rings is 1. The molecule has 0 radical (unpaired) electrons. The number of likely N-dealkylation sites (tertiary alicyclic amines) is 1. The third-order valence-corrected chi connectivity index (χ3v) is 6.50. The SMILES string of the molecule is O=C(NCCN1CCC(CCc2ccccc2)CC1)c1cnccc1N1CCOCC1. The van der Waals surface area contributed by atoms with E-state index in [2.05, 4.69) is 50.4 Å². The van der Waals surface area contributed by atoms with Crippen molar-refractivity contribution in [3.05, 3.63) is 59.9 Å². The van der Waals surface area contributed by atoms with Crippen LogP contribution < -0.4 is 10.2 Å². The lowest BCUT2D eigenvalue weighted by atomic mass is 9.90. The first-order chi connectivity index (χ1) is 15.3. The Bertz CT molecular complexity index is 815. The van der Waals surface area contributed by atoms with E-state index >= 15 is 0 Å². The third kappa shape index (κ3) is 6.28. The average molecular weight is 423 g/mol. The number of amides is 1. The Hall–Kier alpha value is -2.44. The zero-order valence-electron chi connectivity index (χ0n) is 18.3. The van der Waals surface area contributed by atoms with Gasteiger partial charge in [-0.05, 0) is 56.3 Å². The maximum absolute atomic E-state index is 12.8. The number of ether oxygens (including phenoxy) is 1. The maximum Gasteiger partial charge on any atom is 0.255 e. The van der Waals surface area contributed by atoms with Gasteiger partial charge in [0.25, 0.3) is 5.91 Å². The lowest BCUT2D eigenvalue weighted by molar-refractivity contribution is 0.0942. The Balaban J connectivity index is 1.18. The first kappa shape index (κ1) is 21.8. The van der Waals surface area contributed by atoms with Crippen molar-refractivity contribution < 1.29 is 9.53 Å². The van der Waals surface area contributed by atoms with Gasteiger partial charge in [0.2, 0.25) is 0 Å². The average Bonchev–Trinajstić information content (AvgIpc) is 2.85. The number of anilines is 1. The molecule has 2 saturated heterocycles. The number of nitrogens with one attached hydrogen (secondary N) is 1. The van der Waals surface area contributed by atoms with Gasteiger partial charge in [-0.25, -0.2) is 0 Å². The molecule has 0 bridgehead atoms. The van der Waals surface area contributed by atoms with E-state index in [-0.39, 0.29) is 5.91 Å². The normalized spacial score (nSPS) is 18.1. The van der Waals surface area contributed by atoms with E-state index in [1.54, 1.807) is 12.4 Å². The molecule has 0 saturated carbocycles. The number of aryl methyl sites for hydroxylation is 1. The number of piperidine rings is 1. The number of pyridine rings is 1. The lowest BCUT2D eigenvalue weighted by Gasteiger charge is -2.32. The number of hydrogen-bond acceptors (Lipinski definition) is 5. The largest absolute Gasteiger partial charge is 0.378 e. The standard InChI is InChI=1S/C25H34N4O2/c30-25(23-20-26-11-8-24(23)29-16-18-31-19-17-29)27-12-15-28-13-9-22(10-14-28)7-6-21-4-2-1-3-5-21/h1-5,8,11,20,22H,6-7,9-10,12-19H2,(H,27,30). The molecule has 0 unspecified atom stereocenters. The number of nitrogens with zero attached hydrogens (tertiary/aromatic N) is 3. The second-order valence-corrected chi connectivity index (χ2v) is 8.56. The minimum absolute atomic E-state index is 0.0349. The quantitative estimate of drug-likeness (QED) is 0.709. The van der Waals surface area contributed by atoms with Gasteiger partial charge in [-0.15, -0.1) is 0 Å². The Morgan fingerprint density at radius 3 is 2.61 bits per heavy atom. The van der Waals surface area contributed by atoms with Gasteiger partial charge in [0.15, 0.2) is 0 Å². The van der Waals surface area contributed by atoms with Crippen molar-refractivity contribution in [2.24, 2.45) is 5.92 Å². The predicted molar refractivity (Wildman–Crippen MR) is 124 cm³/mol. The van der Waals surface area contributed by atoms with E-state index in [1.165, 1.54) is 31.2 Å². The minimum Gasteiger partial charge on any atom is -0.378 e. The number of morpholine rings is 1. The topological polar surface area (TPSA) is 57.7 Å². The molecule has 6 heteroatoms. The summed E-state index contributed by atoms with van der Waals surface area (Å²) >= 11 is 0. The monoisotopic (exact) mass is 422 g/mol. The molecule has 1 N–H and O–H groups in total. The molecule has 4 rings (SSSR count). The van der Waals surface area contributed by atoms with Crippen molar-refractivity contribution in [3.63, 3.8) is 0 Å². The Morgan fingerprint density at radius 2 is 1.84 bits per heavy atom. The molecule has 2 fully saturated rings. The van der Waals surface area contributed by atoms with Crippen LogP contribution >= 0.6 is 0 Å². The van der Waals surface area contributed by atoms with Gasteiger partial charge in [0.05, 0.1) is 24.5 Å². The van der Waals surface area contributed by atoms with Crippen LogP contribution in [0.5, 0.6) is 0 Å². The lowest BCUT2D eigenvalue weighted by Crippen LogP contribution is -2.40. The molecule has 1 aromatic carbocycles. The highest BCUT2D eigenvalue weighted by atomic mass is 16.5. The summed E-state index contributed by atoms with van der Waals surface area (Å²) in [6, 6.07) is 12.7. The highest BCUT2D eigenvalue weighted by Crippen LogP contribution is 2.23. The molecule has 2 aromatic rings. The molecule has 2 aliphatic heterocycles. The summed E-state index contributed by atoms with van der Waals surface area (Å²) in [4.78, 5) is 21.7. The molecule has 3 heterocycles. The van der Waals surface area contributed by atoms with Crippen LogP contribution in [-0.2, 0) is 11.2 Å². The summed E-state index contributed by atoms with van der Waals surface area (Å²) in [5.74, 6) is 0.782. The van der Waals surface area contributed by atoms with Crippen LogP contribution in [0.4, 0.5) is 5.69 Å². The summed E-state index contributed by atoms with van der Waals surface area (Å²) in [5, 5.41) is 3.11. The van der Waals surface area contributed by atoms with Gasteiger partial charge < -0.3 is 19.9 Å². The van der Waals surface area contributed by atoms with Crippen molar-refractivity contribution >= 4 is 11.6 Å². The Kier molecular flexibility index (Phi) is 7.91. The highest BCUT2D eigenvalue weighted by molar-refractivity contribution is 5.99. The first-order valence-corrected chi connectivity index (χ1v) is 11.6. The van der Waals surface area contributed by atoms with E-state index in [4.69, 9.17) is 4.74 Å². The fourth-order valence-electron chi connectivity index (χ4n) is 4.58. The van der Waals surface area contributed by atoms with Crippen molar-refractivity contribution in [1.29, 1.82) is 0 Å². The van der Waals surface area contributed by atoms with Crippen molar-refractivity contribution in [2.45, 2.75) is 25.7 Å². The molecule has 0 spiro atoms. The highest BCUT2D eigenvalue weighted by Gasteiger charge is 2.21. The van der Waals surface area contributed by atoms with Gasteiger partial charge in [-0.3, -0.25) is 9.78 Å². The van der Waals surface area contributed by atoms with E-state index < -0.39 is 0 Å². The maximum atomic E-state index is 12.8. The smallest absolute Gasteiger partial charge is 0.255 e. The Morgan fingerprint density at radius 1 is 1.06 bits per heavy atom. The zero-order chi connectivity index (χ0) is 21.3. The van der Waals surface area contributed by atoms with Crippen molar-refractivity contribution in [3.8, 4) is 0 Å². The van der Waals surface area contributed by atoms with Gasteiger partial charge >= 0.3 is 0 Å². The van der Waals surface area contributed by atoms with E-state index in [0.717, 1.165) is 44.3 Å². The van der Waals surface area contributed by atoms with Crippen LogP contribution in [0.25, 0.3) is 0 Å². The molecular formula is C25H34N4O2. The fourth-order valence-corrected chi connectivity index (χ4v) is 4.58. The predicted octanol–water partition coefficient (Wildman–Crippen LogP) is 2.99. The third-order valence-electron chi connectivity index (χ3n) is 6.50. The molecule has 1 amide bonds. The van der Waals surface area contributed by atoms with E-state index in [1.807, 2.05) is 6.07 Å². The first-order valence-electron chi connectivity index (χ1n) is 11.6. The van der Waals surface area contributed by atoms with Crippen LogP contribution in [0, 0.1) is 5.92 Å². The summed E-state index contributed by atoms with van der Waals surface area (Å²) in [7, 11) is 0. The molecular weight excluding hydrogens is 388 g/mol. The molecule has 31 heavy (non-hydrogen) atoms. The second-order valence-electron chi connectivity index (χ2n) is 8.56. The van der Waals surface area contributed by atoms with Crippen LogP contribution in [0.3, 0.4) is 0 Å². The fraction of sp³-hybridized carbons (Fsp3) is 0.520. The number of carbonyl (C=O) groups excluding carboxylic acids is 1. The number of carbonyl (C=O) groups is 1. The Labute approximate surface area is 185 Å². The number of rotatable bonds is 8. The molecule has 0 aliphatic carbocycles. The minimum atomic E-state index is -0.0349. The summed E-state index contributed by atoms with van der Waals surface area (Å²) < 4.78 is 5.44. The molecule has 1 aromatic heterocycles. The van der Waals surface area contributed by atoms with Crippen LogP contribution in [0.2, 0.25) is 0 Å². The van der Waals surface area contributed by atoms with Crippen molar-refractivity contribution in [1.82, 2.24) is 15.2 Å². The van der Waals surface area contributed by atoms with Crippen LogP contribution in [0.1, 0.15) is 35.2 Å². The zero-order valence-corrected chi connectivity index (χ0v) is 18.3. The van der Waals surface area contributed by atoms with Crippen LogP contribution in [-0.4, -0.2) is 68.3 Å². The number of aromatic nitrogens is 1. The summed E-state index contributed by atoms with van der Waals surface area (Å²) in [6.45, 7) is 6.85.